The monoisotopic (exact) mass is 342 g/mol. The summed E-state index contributed by atoms with van der Waals surface area (Å²) in [4.78, 5) is 4.23. The van der Waals surface area contributed by atoms with E-state index in [0.717, 1.165) is 27.5 Å². The van der Waals surface area contributed by atoms with Gasteiger partial charge in [-0.05, 0) is 36.4 Å². The summed E-state index contributed by atoms with van der Waals surface area (Å²) in [5, 5.41) is 4.95. The number of benzene rings is 1. The van der Waals surface area contributed by atoms with Crippen molar-refractivity contribution in [3.63, 3.8) is 0 Å². The number of hydrogen-bond acceptors (Lipinski definition) is 3. The first-order chi connectivity index (χ1) is 8.75. The molecular weight excluding hydrogens is 332 g/mol. The van der Waals surface area contributed by atoms with Crippen LogP contribution in [0.15, 0.2) is 52.1 Å². The number of pyridine rings is 1. The van der Waals surface area contributed by atoms with Gasteiger partial charge in [-0.1, -0.05) is 27.5 Å². The summed E-state index contributed by atoms with van der Waals surface area (Å²) in [7, 11) is 0. The normalized spacial score (nSPS) is 10.3. The van der Waals surface area contributed by atoms with E-state index in [0.29, 0.717) is 5.02 Å². The summed E-state index contributed by atoms with van der Waals surface area (Å²) in [5.74, 6) is 0.923. The van der Waals surface area contributed by atoms with E-state index in [1.807, 2.05) is 36.4 Å². The van der Waals surface area contributed by atoms with Crippen LogP contribution in [-0.4, -0.2) is 17.3 Å². The van der Waals surface area contributed by atoms with Crippen molar-refractivity contribution in [2.75, 3.05) is 17.6 Å². The summed E-state index contributed by atoms with van der Waals surface area (Å²) in [6, 6.07) is 11.8. The molecule has 1 heterocycles. The SMILES string of the molecule is Clc1cccnc1SCCNc1ccc(Br)cc1. The second kappa shape index (κ2) is 7.02. The number of anilines is 1. The summed E-state index contributed by atoms with van der Waals surface area (Å²) in [5.41, 5.74) is 1.12. The molecule has 5 heteroatoms. The Morgan fingerprint density at radius 2 is 2.00 bits per heavy atom. The van der Waals surface area contributed by atoms with Crippen LogP contribution in [0.3, 0.4) is 0 Å². The van der Waals surface area contributed by atoms with Crippen molar-refractivity contribution in [1.82, 2.24) is 4.98 Å². The first-order valence-electron chi connectivity index (χ1n) is 5.48. The van der Waals surface area contributed by atoms with Gasteiger partial charge in [0.2, 0.25) is 0 Å². The van der Waals surface area contributed by atoms with Crippen molar-refractivity contribution < 1.29 is 0 Å². The van der Waals surface area contributed by atoms with Crippen molar-refractivity contribution >= 4 is 45.0 Å². The van der Waals surface area contributed by atoms with Crippen LogP contribution < -0.4 is 5.32 Å². The number of halogens is 2. The second-order valence-corrected chi connectivity index (χ2v) is 5.98. The maximum Gasteiger partial charge on any atom is 0.115 e. The molecule has 0 fully saturated rings. The Labute approximate surface area is 124 Å². The molecule has 0 aliphatic carbocycles. The predicted octanol–water partition coefficient (Wildman–Crippen LogP) is 4.70. The van der Waals surface area contributed by atoms with E-state index in [1.54, 1.807) is 18.0 Å². The zero-order valence-corrected chi connectivity index (χ0v) is 12.7. The number of nitrogens with one attached hydrogen (secondary N) is 1. The highest BCUT2D eigenvalue weighted by Gasteiger charge is 2.00. The van der Waals surface area contributed by atoms with Crippen molar-refractivity contribution in [1.29, 1.82) is 0 Å². The molecule has 0 spiro atoms. The molecule has 0 aliphatic heterocycles. The fraction of sp³-hybridized carbons (Fsp3) is 0.154. The third-order valence-corrected chi connectivity index (χ3v) is 4.19. The van der Waals surface area contributed by atoms with Gasteiger partial charge in [0, 0.05) is 28.7 Å². The lowest BCUT2D eigenvalue weighted by Gasteiger charge is -2.06. The van der Waals surface area contributed by atoms with Gasteiger partial charge in [0.1, 0.15) is 5.03 Å². The summed E-state index contributed by atoms with van der Waals surface area (Å²) < 4.78 is 1.09. The molecule has 94 valence electrons. The molecule has 0 saturated heterocycles. The van der Waals surface area contributed by atoms with Crippen molar-refractivity contribution in [3.05, 3.63) is 52.1 Å². The van der Waals surface area contributed by atoms with E-state index in [9.17, 15) is 0 Å². The van der Waals surface area contributed by atoms with Gasteiger partial charge in [-0.15, -0.1) is 11.8 Å². The fourth-order valence-electron chi connectivity index (χ4n) is 1.39. The van der Waals surface area contributed by atoms with Crippen LogP contribution in [0.4, 0.5) is 5.69 Å². The molecule has 0 unspecified atom stereocenters. The summed E-state index contributed by atoms with van der Waals surface area (Å²) >= 11 is 11.1. The topological polar surface area (TPSA) is 24.9 Å². The minimum absolute atomic E-state index is 0.714. The van der Waals surface area contributed by atoms with Gasteiger partial charge in [0.15, 0.2) is 0 Å². The standard InChI is InChI=1S/C13H12BrClN2S/c14-10-3-5-11(6-4-10)16-8-9-18-13-12(15)2-1-7-17-13/h1-7,16H,8-9H2. The maximum atomic E-state index is 6.03. The molecule has 18 heavy (non-hydrogen) atoms. The summed E-state index contributed by atoms with van der Waals surface area (Å²) in [6.07, 6.45) is 1.76. The molecule has 1 N–H and O–H groups in total. The smallest absolute Gasteiger partial charge is 0.115 e. The molecule has 0 amide bonds. The Morgan fingerprint density at radius 3 is 2.72 bits per heavy atom. The molecule has 1 aromatic carbocycles. The Hall–Kier alpha value is -0.710. The number of rotatable bonds is 5. The van der Waals surface area contributed by atoms with Crippen molar-refractivity contribution in [2.24, 2.45) is 0 Å². The lowest BCUT2D eigenvalue weighted by Crippen LogP contribution is -2.03. The lowest BCUT2D eigenvalue weighted by atomic mass is 10.3. The van der Waals surface area contributed by atoms with Gasteiger partial charge >= 0.3 is 0 Å². The molecule has 0 bridgehead atoms. The average molecular weight is 344 g/mol. The first-order valence-corrected chi connectivity index (χ1v) is 7.64. The van der Waals surface area contributed by atoms with E-state index in [4.69, 9.17) is 11.6 Å². The Morgan fingerprint density at radius 1 is 1.22 bits per heavy atom. The highest BCUT2D eigenvalue weighted by Crippen LogP contribution is 2.23. The number of hydrogen-bond donors (Lipinski definition) is 1. The van der Waals surface area contributed by atoms with Crippen LogP contribution in [0.1, 0.15) is 0 Å². The quantitative estimate of drug-likeness (QED) is 0.629. The molecule has 0 aliphatic rings. The zero-order valence-electron chi connectivity index (χ0n) is 9.57. The van der Waals surface area contributed by atoms with E-state index in [1.165, 1.54) is 0 Å². The molecule has 2 rings (SSSR count). The Kier molecular flexibility index (Phi) is 5.35. The zero-order chi connectivity index (χ0) is 12.8. The maximum absolute atomic E-state index is 6.03. The van der Waals surface area contributed by atoms with Crippen LogP contribution in [0, 0.1) is 0 Å². The predicted molar refractivity (Wildman–Crippen MR) is 82.6 cm³/mol. The Bertz CT molecular complexity index is 505. The van der Waals surface area contributed by atoms with Crippen LogP contribution in [0.25, 0.3) is 0 Å². The Balaban J connectivity index is 1.76. The molecule has 0 saturated carbocycles. The van der Waals surface area contributed by atoms with E-state index in [2.05, 4.69) is 26.2 Å². The highest BCUT2D eigenvalue weighted by atomic mass is 79.9. The summed E-state index contributed by atoms with van der Waals surface area (Å²) in [6.45, 7) is 0.874. The highest BCUT2D eigenvalue weighted by molar-refractivity contribution is 9.10. The molecular formula is C13H12BrClN2S. The molecule has 2 nitrogen and oxygen atoms in total. The van der Waals surface area contributed by atoms with Crippen molar-refractivity contribution in [2.45, 2.75) is 5.03 Å². The first kappa shape index (κ1) is 13.7. The van der Waals surface area contributed by atoms with Gasteiger partial charge in [0.05, 0.1) is 5.02 Å². The number of aromatic nitrogens is 1. The average Bonchev–Trinajstić information content (AvgIpc) is 2.39. The molecule has 1 aromatic heterocycles. The van der Waals surface area contributed by atoms with Crippen LogP contribution >= 0.6 is 39.3 Å². The van der Waals surface area contributed by atoms with E-state index < -0.39 is 0 Å². The van der Waals surface area contributed by atoms with E-state index in [-0.39, 0.29) is 0 Å². The lowest BCUT2D eigenvalue weighted by molar-refractivity contribution is 1.12. The van der Waals surface area contributed by atoms with Crippen molar-refractivity contribution in [3.8, 4) is 0 Å². The van der Waals surface area contributed by atoms with Crippen LogP contribution in [0.5, 0.6) is 0 Å². The number of thioether (sulfide) groups is 1. The fourth-order valence-corrected chi connectivity index (χ4v) is 2.68. The van der Waals surface area contributed by atoms with Gasteiger partial charge in [-0.2, -0.15) is 0 Å². The second-order valence-electron chi connectivity index (χ2n) is 3.57. The molecule has 0 atom stereocenters. The largest absolute Gasteiger partial charge is 0.384 e. The third kappa shape index (κ3) is 4.19. The minimum atomic E-state index is 0.714. The van der Waals surface area contributed by atoms with Gasteiger partial charge in [-0.3, -0.25) is 0 Å². The minimum Gasteiger partial charge on any atom is -0.384 e. The van der Waals surface area contributed by atoms with Crippen LogP contribution in [0.2, 0.25) is 5.02 Å². The van der Waals surface area contributed by atoms with Gasteiger partial charge in [0.25, 0.3) is 0 Å². The van der Waals surface area contributed by atoms with Crippen LogP contribution in [-0.2, 0) is 0 Å². The van der Waals surface area contributed by atoms with E-state index >= 15 is 0 Å². The van der Waals surface area contributed by atoms with Gasteiger partial charge < -0.3 is 5.32 Å². The number of nitrogens with zero attached hydrogens (tertiary/aromatic N) is 1. The van der Waals surface area contributed by atoms with Gasteiger partial charge in [-0.25, -0.2) is 4.98 Å². The third-order valence-electron chi connectivity index (χ3n) is 2.24. The molecule has 2 aromatic rings. The molecule has 0 radical (unpaired) electrons.